The molecule has 5 heteroatoms. The minimum absolute atomic E-state index is 0.118. The van der Waals surface area contributed by atoms with Gasteiger partial charge in [-0.3, -0.25) is 4.79 Å². The third-order valence-corrected chi connectivity index (χ3v) is 3.58. The van der Waals surface area contributed by atoms with E-state index in [1.165, 1.54) is 19.3 Å². The second kappa shape index (κ2) is 5.33. The van der Waals surface area contributed by atoms with Crippen LogP contribution in [0.2, 0.25) is 0 Å². The zero-order valence-corrected chi connectivity index (χ0v) is 11.0. The summed E-state index contributed by atoms with van der Waals surface area (Å²) >= 11 is 0. The number of hydrogen-bond donors (Lipinski definition) is 2. The maximum Gasteiger partial charge on any atom is 0.254 e. The SMILES string of the molecule is CNC(=O)c1c(C)nc(N)nc1C1CCCCC1. The number of nitrogen functional groups attached to an aromatic ring is 1. The number of nitrogens with one attached hydrogen (secondary N) is 1. The van der Waals surface area contributed by atoms with Crippen LogP contribution in [0.15, 0.2) is 0 Å². The summed E-state index contributed by atoms with van der Waals surface area (Å²) in [4.78, 5) is 20.4. The molecule has 1 heterocycles. The van der Waals surface area contributed by atoms with Crippen LogP contribution in [0.3, 0.4) is 0 Å². The molecule has 0 unspecified atom stereocenters. The molecule has 1 aliphatic rings. The molecule has 0 saturated heterocycles. The van der Waals surface area contributed by atoms with Gasteiger partial charge in [-0.05, 0) is 19.8 Å². The van der Waals surface area contributed by atoms with E-state index < -0.39 is 0 Å². The lowest BCUT2D eigenvalue weighted by Crippen LogP contribution is -2.24. The Balaban J connectivity index is 2.45. The lowest BCUT2D eigenvalue weighted by atomic mass is 9.84. The van der Waals surface area contributed by atoms with Gasteiger partial charge >= 0.3 is 0 Å². The summed E-state index contributed by atoms with van der Waals surface area (Å²) in [6.45, 7) is 1.81. The molecule has 3 N–H and O–H groups in total. The second-order valence-corrected chi connectivity index (χ2v) is 4.84. The summed E-state index contributed by atoms with van der Waals surface area (Å²) in [5.41, 5.74) is 7.83. The van der Waals surface area contributed by atoms with Crippen molar-refractivity contribution in [2.45, 2.75) is 44.9 Å². The molecule has 1 saturated carbocycles. The molecule has 0 atom stereocenters. The molecule has 1 aliphatic carbocycles. The standard InChI is InChI=1S/C13H20N4O/c1-8-10(12(18)15-2)11(17-13(14)16-8)9-6-4-3-5-7-9/h9H,3-7H2,1-2H3,(H,15,18)(H2,14,16,17). The first kappa shape index (κ1) is 12.8. The molecular formula is C13H20N4O. The molecule has 5 nitrogen and oxygen atoms in total. The van der Waals surface area contributed by atoms with Crippen molar-refractivity contribution in [3.05, 3.63) is 17.0 Å². The number of aryl methyl sites for hydroxylation is 1. The van der Waals surface area contributed by atoms with E-state index in [4.69, 9.17) is 5.73 Å². The highest BCUT2D eigenvalue weighted by molar-refractivity contribution is 5.96. The van der Waals surface area contributed by atoms with Gasteiger partial charge in [-0.15, -0.1) is 0 Å². The van der Waals surface area contributed by atoms with Gasteiger partial charge in [-0.1, -0.05) is 19.3 Å². The van der Waals surface area contributed by atoms with Crippen molar-refractivity contribution >= 4 is 11.9 Å². The molecule has 1 amide bonds. The molecule has 98 valence electrons. The number of carbonyl (C=O) groups excluding carboxylic acids is 1. The largest absolute Gasteiger partial charge is 0.368 e. The van der Waals surface area contributed by atoms with Crippen LogP contribution in [0.4, 0.5) is 5.95 Å². The number of anilines is 1. The average Bonchev–Trinajstić information content (AvgIpc) is 2.38. The van der Waals surface area contributed by atoms with E-state index in [-0.39, 0.29) is 11.9 Å². The van der Waals surface area contributed by atoms with E-state index >= 15 is 0 Å². The van der Waals surface area contributed by atoms with E-state index in [1.54, 1.807) is 7.05 Å². The van der Waals surface area contributed by atoms with Gasteiger partial charge in [0.2, 0.25) is 5.95 Å². The Labute approximate surface area is 107 Å². The number of nitrogens with zero attached hydrogens (tertiary/aromatic N) is 2. The molecule has 1 aromatic rings. The molecule has 0 spiro atoms. The molecular weight excluding hydrogens is 228 g/mol. The Hall–Kier alpha value is -1.65. The van der Waals surface area contributed by atoms with Gasteiger partial charge < -0.3 is 11.1 Å². The van der Waals surface area contributed by atoms with Crippen LogP contribution in [-0.2, 0) is 0 Å². The Morgan fingerprint density at radius 2 is 1.94 bits per heavy atom. The van der Waals surface area contributed by atoms with Gasteiger partial charge in [0.05, 0.1) is 17.0 Å². The van der Waals surface area contributed by atoms with Crippen molar-refractivity contribution in [1.29, 1.82) is 0 Å². The summed E-state index contributed by atoms with van der Waals surface area (Å²) in [5.74, 6) is 0.490. The molecule has 1 aromatic heterocycles. The highest BCUT2D eigenvalue weighted by atomic mass is 16.1. The van der Waals surface area contributed by atoms with Crippen molar-refractivity contribution in [2.24, 2.45) is 0 Å². The third-order valence-electron chi connectivity index (χ3n) is 3.58. The van der Waals surface area contributed by atoms with Gasteiger partial charge in [-0.2, -0.15) is 0 Å². The summed E-state index contributed by atoms with van der Waals surface area (Å²) in [7, 11) is 1.63. The number of aromatic nitrogens is 2. The van der Waals surface area contributed by atoms with Gasteiger partial charge in [0.1, 0.15) is 0 Å². The fourth-order valence-corrected chi connectivity index (χ4v) is 2.69. The smallest absolute Gasteiger partial charge is 0.254 e. The molecule has 0 aliphatic heterocycles. The first-order valence-corrected chi connectivity index (χ1v) is 6.49. The lowest BCUT2D eigenvalue weighted by molar-refractivity contribution is 0.0959. The molecule has 2 rings (SSSR count). The molecule has 0 bridgehead atoms. The van der Waals surface area contributed by atoms with Crippen LogP contribution in [0.25, 0.3) is 0 Å². The fourth-order valence-electron chi connectivity index (χ4n) is 2.69. The highest BCUT2D eigenvalue weighted by Gasteiger charge is 2.25. The maximum atomic E-state index is 12.0. The Morgan fingerprint density at radius 3 is 2.56 bits per heavy atom. The van der Waals surface area contributed by atoms with Gasteiger partial charge in [0, 0.05) is 13.0 Å². The summed E-state index contributed by atoms with van der Waals surface area (Å²) in [6.07, 6.45) is 5.83. The van der Waals surface area contributed by atoms with Crippen LogP contribution in [-0.4, -0.2) is 22.9 Å². The van der Waals surface area contributed by atoms with Crippen molar-refractivity contribution in [1.82, 2.24) is 15.3 Å². The first-order chi connectivity index (χ1) is 8.63. The Kier molecular flexibility index (Phi) is 3.79. The number of hydrogen-bond acceptors (Lipinski definition) is 4. The maximum absolute atomic E-state index is 12.0. The lowest BCUT2D eigenvalue weighted by Gasteiger charge is -2.23. The van der Waals surface area contributed by atoms with E-state index in [1.807, 2.05) is 6.92 Å². The number of nitrogens with two attached hydrogens (primary N) is 1. The van der Waals surface area contributed by atoms with Crippen LogP contribution in [0, 0.1) is 6.92 Å². The summed E-state index contributed by atoms with van der Waals surface area (Å²) in [5, 5.41) is 2.66. The average molecular weight is 248 g/mol. The highest BCUT2D eigenvalue weighted by Crippen LogP contribution is 2.34. The van der Waals surface area contributed by atoms with E-state index in [0.717, 1.165) is 18.5 Å². The van der Waals surface area contributed by atoms with Gasteiger partial charge in [-0.25, -0.2) is 9.97 Å². The van der Waals surface area contributed by atoms with Crippen molar-refractivity contribution in [3.63, 3.8) is 0 Å². The Morgan fingerprint density at radius 1 is 1.28 bits per heavy atom. The van der Waals surface area contributed by atoms with Crippen LogP contribution in [0.1, 0.15) is 59.8 Å². The second-order valence-electron chi connectivity index (χ2n) is 4.84. The summed E-state index contributed by atoms with van der Waals surface area (Å²) in [6, 6.07) is 0. The predicted molar refractivity (Wildman–Crippen MR) is 70.4 cm³/mol. The molecule has 0 radical (unpaired) electrons. The van der Waals surface area contributed by atoms with Gasteiger partial charge in [0.15, 0.2) is 0 Å². The minimum atomic E-state index is -0.118. The van der Waals surface area contributed by atoms with Crippen molar-refractivity contribution in [2.75, 3.05) is 12.8 Å². The molecule has 18 heavy (non-hydrogen) atoms. The number of rotatable bonds is 2. The van der Waals surface area contributed by atoms with Crippen LogP contribution >= 0.6 is 0 Å². The minimum Gasteiger partial charge on any atom is -0.368 e. The van der Waals surface area contributed by atoms with E-state index in [2.05, 4.69) is 15.3 Å². The monoisotopic (exact) mass is 248 g/mol. The van der Waals surface area contributed by atoms with Gasteiger partial charge in [0.25, 0.3) is 5.91 Å². The third kappa shape index (κ3) is 2.44. The quantitative estimate of drug-likeness (QED) is 0.835. The van der Waals surface area contributed by atoms with E-state index in [9.17, 15) is 4.79 Å². The molecule has 1 fully saturated rings. The predicted octanol–water partition coefficient (Wildman–Crippen LogP) is 1.77. The topological polar surface area (TPSA) is 80.9 Å². The fraction of sp³-hybridized carbons (Fsp3) is 0.615. The summed E-state index contributed by atoms with van der Waals surface area (Å²) < 4.78 is 0. The van der Waals surface area contributed by atoms with Crippen molar-refractivity contribution < 1.29 is 4.79 Å². The normalized spacial score (nSPS) is 16.6. The zero-order chi connectivity index (χ0) is 13.1. The number of carbonyl (C=O) groups is 1. The Bertz CT molecular complexity index is 453. The first-order valence-electron chi connectivity index (χ1n) is 6.49. The van der Waals surface area contributed by atoms with Crippen LogP contribution < -0.4 is 11.1 Å². The number of amides is 1. The molecule has 0 aromatic carbocycles. The van der Waals surface area contributed by atoms with Crippen molar-refractivity contribution in [3.8, 4) is 0 Å². The van der Waals surface area contributed by atoms with Crippen LogP contribution in [0.5, 0.6) is 0 Å². The zero-order valence-electron chi connectivity index (χ0n) is 11.0. The van der Waals surface area contributed by atoms with E-state index in [0.29, 0.717) is 17.2 Å².